The highest BCUT2D eigenvalue weighted by atomic mass is 16.2. The summed E-state index contributed by atoms with van der Waals surface area (Å²) >= 11 is 0. The summed E-state index contributed by atoms with van der Waals surface area (Å²) in [5.74, 6) is 0. The van der Waals surface area contributed by atoms with E-state index in [9.17, 15) is 0 Å². The molecule has 0 bridgehead atoms. The van der Waals surface area contributed by atoms with Gasteiger partial charge >= 0.3 is 0 Å². The second-order valence-corrected chi connectivity index (χ2v) is 2.25. The molecule has 0 fully saturated rings. The Hall–Kier alpha value is -0.560. The number of aliphatic hydroxyl groups excluding tert-OH is 1. The van der Waals surface area contributed by atoms with Gasteiger partial charge in [-0.25, -0.2) is 0 Å². The first-order chi connectivity index (χ1) is 4.43. The lowest BCUT2D eigenvalue weighted by Crippen LogP contribution is -1.89. The highest BCUT2D eigenvalue weighted by Crippen LogP contribution is 2.13. The monoisotopic (exact) mass is 124 g/mol. The van der Waals surface area contributed by atoms with E-state index in [1.807, 2.05) is 0 Å². The van der Waals surface area contributed by atoms with Crippen molar-refractivity contribution in [3.05, 3.63) is 23.8 Å². The lowest BCUT2D eigenvalue weighted by atomic mass is 10.0. The zero-order chi connectivity index (χ0) is 6.53. The van der Waals surface area contributed by atoms with Crippen LogP contribution < -0.4 is 0 Å². The minimum atomic E-state index is 0.291. The number of rotatable bonds is 2. The highest BCUT2D eigenvalue weighted by molar-refractivity contribution is 5.14. The van der Waals surface area contributed by atoms with Gasteiger partial charge in [0.1, 0.15) is 0 Å². The number of hydrogen-bond acceptors (Lipinski definition) is 1. The molecule has 0 heterocycles. The lowest BCUT2D eigenvalue weighted by Gasteiger charge is -2.04. The Kier molecular flexibility index (Phi) is 2.52. The van der Waals surface area contributed by atoms with Crippen LogP contribution in [0.25, 0.3) is 0 Å². The summed E-state index contributed by atoms with van der Waals surface area (Å²) < 4.78 is 0. The van der Waals surface area contributed by atoms with Crippen LogP contribution in [0.5, 0.6) is 0 Å². The minimum absolute atomic E-state index is 0.291. The predicted molar refractivity (Wildman–Crippen MR) is 38.2 cm³/mol. The van der Waals surface area contributed by atoms with Crippen LogP contribution in [-0.4, -0.2) is 11.7 Å². The smallest absolute Gasteiger partial charge is 0.0468 e. The first-order valence-electron chi connectivity index (χ1n) is 3.37. The Balaban J connectivity index is 2.32. The van der Waals surface area contributed by atoms with E-state index in [-0.39, 0.29) is 0 Å². The Morgan fingerprint density at radius 1 is 1.44 bits per heavy atom. The van der Waals surface area contributed by atoms with Crippen molar-refractivity contribution in [2.45, 2.75) is 19.3 Å². The van der Waals surface area contributed by atoms with E-state index in [2.05, 4.69) is 18.2 Å². The standard InChI is InChI=1S/C8H12O/c9-7-6-8-4-2-1-3-5-8/h1-2,5,9H,3-4,6-7H2. The van der Waals surface area contributed by atoms with E-state index in [4.69, 9.17) is 5.11 Å². The third-order valence-electron chi connectivity index (χ3n) is 1.52. The summed E-state index contributed by atoms with van der Waals surface area (Å²) in [4.78, 5) is 0. The molecule has 1 rings (SSSR count). The molecule has 50 valence electrons. The molecular weight excluding hydrogens is 112 g/mol. The van der Waals surface area contributed by atoms with Gasteiger partial charge in [-0.15, -0.1) is 0 Å². The Morgan fingerprint density at radius 3 is 2.89 bits per heavy atom. The predicted octanol–water partition coefficient (Wildman–Crippen LogP) is 1.65. The summed E-state index contributed by atoms with van der Waals surface area (Å²) in [5, 5.41) is 8.55. The van der Waals surface area contributed by atoms with Crippen molar-refractivity contribution in [3.8, 4) is 0 Å². The molecular formula is C8H12O. The topological polar surface area (TPSA) is 20.2 Å². The molecule has 9 heavy (non-hydrogen) atoms. The molecule has 0 atom stereocenters. The molecule has 1 aliphatic carbocycles. The first kappa shape index (κ1) is 6.56. The van der Waals surface area contributed by atoms with Gasteiger partial charge in [-0.1, -0.05) is 23.8 Å². The zero-order valence-electron chi connectivity index (χ0n) is 5.51. The van der Waals surface area contributed by atoms with Crippen molar-refractivity contribution < 1.29 is 5.11 Å². The summed E-state index contributed by atoms with van der Waals surface area (Å²) in [6, 6.07) is 0. The fourth-order valence-corrected chi connectivity index (χ4v) is 0.997. The van der Waals surface area contributed by atoms with Gasteiger partial charge in [-0.3, -0.25) is 0 Å². The Bertz CT molecular complexity index is 134. The molecule has 0 aromatic carbocycles. The summed E-state index contributed by atoms with van der Waals surface area (Å²) in [6.07, 6.45) is 9.45. The maximum atomic E-state index is 8.55. The van der Waals surface area contributed by atoms with Crippen LogP contribution in [0.15, 0.2) is 23.8 Å². The van der Waals surface area contributed by atoms with Gasteiger partial charge in [0.15, 0.2) is 0 Å². The van der Waals surface area contributed by atoms with Crippen molar-refractivity contribution in [2.75, 3.05) is 6.61 Å². The van der Waals surface area contributed by atoms with Crippen molar-refractivity contribution >= 4 is 0 Å². The normalized spacial score (nSPS) is 17.7. The maximum absolute atomic E-state index is 8.55. The molecule has 0 aliphatic heterocycles. The number of hydrogen-bond donors (Lipinski definition) is 1. The van der Waals surface area contributed by atoms with Gasteiger partial charge < -0.3 is 5.11 Å². The molecule has 1 aliphatic rings. The third-order valence-corrected chi connectivity index (χ3v) is 1.52. The Morgan fingerprint density at radius 2 is 2.33 bits per heavy atom. The maximum Gasteiger partial charge on any atom is 0.0468 e. The van der Waals surface area contributed by atoms with Crippen LogP contribution in [0.4, 0.5) is 0 Å². The van der Waals surface area contributed by atoms with Crippen LogP contribution in [0.2, 0.25) is 0 Å². The van der Waals surface area contributed by atoms with Gasteiger partial charge in [0.25, 0.3) is 0 Å². The van der Waals surface area contributed by atoms with Crippen molar-refractivity contribution in [2.24, 2.45) is 0 Å². The van der Waals surface area contributed by atoms with Gasteiger partial charge in [-0.05, 0) is 19.3 Å². The van der Waals surface area contributed by atoms with Gasteiger partial charge in [-0.2, -0.15) is 0 Å². The average Bonchev–Trinajstić information content (AvgIpc) is 1.91. The number of aliphatic hydroxyl groups is 1. The van der Waals surface area contributed by atoms with Gasteiger partial charge in [0, 0.05) is 6.61 Å². The molecule has 1 N–H and O–H groups in total. The molecule has 0 spiro atoms. The van der Waals surface area contributed by atoms with Crippen LogP contribution >= 0.6 is 0 Å². The minimum Gasteiger partial charge on any atom is -0.396 e. The molecule has 0 aromatic rings. The quantitative estimate of drug-likeness (QED) is 0.555. The lowest BCUT2D eigenvalue weighted by molar-refractivity contribution is 0.298. The summed E-state index contributed by atoms with van der Waals surface area (Å²) in [6.45, 7) is 0.291. The number of allylic oxidation sites excluding steroid dienone is 3. The molecule has 0 unspecified atom stereocenters. The van der Waals surface area contributed by atoms with Crippen molar-refractivity contribution in [3.63, 3.8) is 0 Å². The SMILES string of the molecule is OCCC1=CCC=CC1. The first-order valence-corrected chi connectivity index (χ1v) is 3.37. The fourth-order valence-electron chi connectivity index (χ4n) is 0.997. The molecule has 0 amide bonds. The second kappa shape index (κ2) is 3.46. The highest BCUT2D eigenvalue weighted by Gasteiger charge is 1.95. The van der Waals surface area contributed by atoms with Crippen LogP contribution in [-0.2, 0) is 0 Å². The van der Waals surface area contributed by atoms with Crippen molar-refractivity contribution in [1.29, 1.82) is 0 Å². The van der Waals surface area contributed by atoms with Crippen molar-refractivity contribution in [1.82, 2.24) is 0 Å². The van der Waals surface area contributed by atoms with Crippen LogP contribution in [0.3, 0.4) is 0 Å². The largest absolute Gasteiger partial charge is 0.396 e. The molecule has 0 aromatic heterocycles. The fraction of sp³-hybridized carbons (Fsp3) is 0.500. The Labute approximate surface area is 55.7 Å². The van der Waals surface area contributed by atoms with E-state index in [0.29, 0.717) is 6.61 Å². The van der Waals surface area contributed by atoms with E-state index in [1.54, 1.807) is 0 Å². The molecule has 0 saturated heterocycles. The third kappa shape index (κ3) is 2.02. The van der Waals surface area contributed by atoms with E-state index >= 15 is 0 Å². The van der Waals surface area contributed by atoms with Crippen LogP contribution in [0.1, 0.15) is 19.3 Å². The van der Waals surface area contributed by atoms with E-state index in [1.165, 1.54) is 5.57 Å². The van der Waals surface area contributed by atoms with Gasteiger partial charge in [0.05, 0.1) is 0 Å². The summed E-state index contributed by atoms with van der Waals surface area (Å²) in [5.41, 5.74) is 1.38. The van der Waals surface area contributed by atoms with E-state index < -0.39 is 0 Å². The molecule has 1 heteroatoms. The second-order valence-electron chi connectivity index (χ2n) is 2.25. The zero-order valence-corrected chi connectivity index (χ0v) is 5.51. The molecule has 1 nitrogen and oxygen atoms in total. The van der Waals surface area contributed by atoms with Crippen LogP contribution in [0, 0.1) is 0 Å². The van der Waals surface area contributed by atoms with E-state index in [0.717, 1.165) is 19.3 Å². The van der Waals surface area contributed by atoms with Gasteiger partial charge in [0.2, 0.25) is 0 Å². The molecule has 0 saturated carbocycles. The molecule has 0 radical (unpaired) electrons. The average molecular weight is 124 g/mol. The summed E-state index contributed by atoms with van der Waals surface area (Å²) in [7, 11) is 0.